The average molecular weight is 254 g/mol. The predicted octanol–water partition coefficient (Wildman–Crippen LogP) is 1.23. The van der Waals surface area contributed by atoms with Crippen molar-refractivity contribution in [2.45, 2.75) is 19.8 Å². The molecule has 0 fully saturated rings. The van der Waals surface area contributed by atoms with Crippen molar-refractivity contribution < 1.29 is 24.2 Å². The Morgan fingerprint density at radius 3 is 2.44 bits per heavy atom. The smallest absolute Gasteiger partial charge is 0.509 e. The summed E-state index contributed by atoms with van der Waals surface area (Å²) in [6, 6.07) is 6.81. The Morgan fingerprint density at radius 2 is 1.78 bits per heavy atom. The molecular formula is C12H19BO5. The second-order valence-electron chi connectivity index (χ2n) is 3.71. The maximum Gasteiger partial charge on any atom is 0.707 e. The zero-order valence-corrected chi connectivity index (χ0v) is 10.5. The van der Waals surface area contributed by atoms with Crippen LogP contribution in [0.2, 0.25) is 0 Å². The summed E-state index contributed by atoms with van der Waals surface area (Å²) in [5.41, 5.74) is 0. The van der Waals surface area contributed by atoms with E-state index in [1.807, 2.05) is 0 Å². The highest BCUT2D eigenvalue weighted by Crippen LogP contribution is 2.26. The van der Waals surface area contributed by atoms with Crippen molar-refractivity contribution in [1.82, 2.24) is 0 Å². The molecule has 0 spiro atoms. The molecule has 0 heterocycles. The van der Waals surface area contributed by atoms with Crippen LogP contribution in [0.3, 0.4) is 0 Å². The van der Waals surface area contributed by atoms with Gasteiger partial charge in [0, 0.05) is 6.61 Å². The Balaban J connectivity index is 2.32. The van der Waals surface area contributed by atoms with Gasteiger partial charge in [-0.1, -0.05) is 25.5 Å². The molecule has 6 heteroatoms. The van der Waals surface area contributed by atoms with Gasteiger partial charge in [-0.25, -0.2) is 0 Å². The molecule has 0 amide bonds. The lowest BCUT2D eigenvalue weighted by atomic mass is 10.2. The highest BCUT2D eigenvalue weighted by Gasteiger charge is 2.14. The van der Waals surface area contributed by atoms with Gasteiger partial charge >= 0.3 is 7.32 Å². The molecule has 0 bridgehead atoms. The zero-order valence-electron chi connectivity index (χ0n) is 10.5. The van der Waals surface area contributed by atoms with E-state index in [0.717, 1.165) is 19.4 Å². The normalized spacial score (nSPS) is 10.2. The number of rotatable bonds is 9. The molecule has 0 aliphatic rings. The van der Waals surface area contributed by atoms with Crippen LogP contribution in [0.25, 0.3) is 0 Å². The standard InChI is InChI=1S/C12H19BO5/c1-2-3-8-16-9-10-17-11-6-4-5-7-12(11)18-13(14)15/h4-7,14-15H,2-3,8-10H2,1H3. The average Bonchev–Trinajstić information content (AvgIpc) is 2.35. The van der Waals surface area contributed by atoms with Crippen LogP contribution in [-0.4, -0.2) is 37.2 Å². The van der Waals surface area contributed by atoms with Crippen molar-refractivity contribution in [2.75, 3.05) is 19.8 Å². The first-order valence-corrected chi connectivity index (χ1v) is 6.06. The van der Waals surface area contributed by atoms with E-state index < -0.39 is 7.32 Å². The number of ether oxygens (including phenoxy) is 2. The van der Waals surface area contributed by atoms with E-state index >= 15 is 0 Å². The highest BCUT2D eigenvalue weighted by molar-refractivity contribution is 6.33. The van der Waals surface area contributed by atoms with E-state index in [0.29, 0.717) is 24.7 Å². The van der Waals surface area contributed by atoms with E-state index in [4.69, 9.17) is 24.2 Å². The van der Waals surface area contributed by atoms with E-state index in [1.165, 1.54) is 0 Å². The van der Waals surface area contributed by atoms with Crippen LogP contribution in [0, 0.1) is 0 Å². The van der Waals surface area contributed by atoms with E-state index in [-0.39, 0.29) is 0 Å². The first-order valence-electron chi connectivity index (χ1n) is 6.06. The summed E-state index contributed by atoms with van der Waals surface area (Å²) in [5, 5.41) is 17.5. The molecule has 0 unspecified atom stereocenters. The number of hydrogen-bond acceptors (Lipinski definition) is 5. The highest BCUT2D eigenvalue weighted by atomic mass is 16.6. The van der Waals surface area contributed by atoms with Gasteiger partial charge in [0.05, 0.1) is 6.61 Å². The molecule has 0 saturated carbocycles. The van der Waals surface area contributed by atoms with Gasteiger partial charge in [0.2, 0.25) is 0 Å². The number of hydrogen-bond donors (Lipinski definition) is 2. The Bertz CT molecular complexity index is 332. The Labute approximate surface area is 107 Å². The minimum atomic E-state index is -1.85. The van der Waals surface area contributed by atoms with Gasteiger partial charge in [-0.3, -0.25) is 0 Å². The van der Waals surface area contributed by atoms with Gasteiger partial charge in [-0.2, -0.15) is 0 Å². The molecule has 0 aliphatic heterocycles. The molecular weight excluding hydrogens is 235 g/mol. The zero-order chi connectivity index (χ0) is 13.2. The first kappa shape index (κ1) is 14.8. The molecule has 2 N–H and O–H groups in total. The van der Waals surface area contributed by atoms with Crippen LogP contribution >= 0.6 is 0 Å². The summed E-state index contributed by atoms with van der Waals surface area (Å²) in [6.07, 6.45) is 2.14. The molecule has 0 atom stereocenters. The molecule has 100 valence electrons. The van der Waals surface area contributed by atoms with Gasteiger partial charge in [0.25, 0.3) is 0 Å². The molecule has 1 aromatic carbocycles. The molecule has 0 radical (unpaired) electrons. The third-order valence-electron chi connectivity index (χ3n) is 2.21. The quantitative estimate of drug-likeness (QED) is 0.512. The van der Waals surface area contributed by atoms with Crippen LogP contribution < -0.4 is 9.39 Å². The van der Waals surface area contributed by atoms with Crippen LogP contribution in [0.5, 0.6) is 11.5 Å². The Kier molecular flexibility index (Phi) is 7.25. The van der Waals surface area contributed by atoms with Gasteiger partial charge in [0.15, 0.2) is 5.75 Å². The van der Waals surface area contributed by atoms with Crippen LogP contribution in [0.4, 0.5) is 0 Å². The number of benzene rings is 1. The maximum absolute atomic E-state index is 8.75. The lowest BCUT2D eigenvalue weighted by molar-refractivity contribution is 0.0971. The number of para-hydroxylation sites is 2. The molecule has 5 nitrogen and oxygen atoms in total. The summed E-state index contributed by atoms with van der Waals surface area (Å²) in [6.45, 7) is 3.72. The topological polar surface area (TPSA) is 68.2 Å². The SMILES string of the molecule is CCCCOCCOc1ccccc1OB(O)O. The van der Waals surface area contributed by atoms with Gasteiger partial charge in [-0.05, 0) is 18.6 Å². The summed E-state index contributed by atoms with van der Waals surface area (Å²) >= 11 is 0. The fourth-order valence-corrected chi connectivity index (χ4v) is 1.34. The van der Waals surface area contributed by atoms with E-state index in [2.05, 4.69) is 6.92 Å². The minimum absolute atomic E-state index is 0.293. The fourth-order valence-electron chi connectivity index (χ4n) is 1.34. The monoisotopic (exact) mass is 254 g/mol. The Hall–Kier alpha value is -1.24. The molecule has 0 aliphatic carbocycles. The van der Waals surface area contributed by atoms with Crippen molar-refractivity contribution in [2.24, 2.45) is 0 Å². The molecule has 18 heavy (non-hydrogen) atoms. The third-order valence-corrected chi connectivity index (χ3v) is 2.21. The van der Waals surface area contributed by atoms with Crippen LogP contribution in [0.15, 0.2) is 24.3 Å². The second-order valence-corrected chi connectivity index (χ2v) is 3.71. The van der Waals surface area contributed by atoms with Gasteiger partial charge in [-0.15, -0.1) is 0 Å². The minimum Gasteiger partial charge on any atom is -0.509 e. The maximum atomic E-state index is 8.75. The van der Waals surface area contributed by atoms with E-state index in [9.17, 15) is 0 Å². The molecule has 0 aromatic heterocycles. The second kappa shape index (κ2) is 8.80. The fraction of sp³-hybridized carbons (Fsp3) is 0.500. The van der Waals surface area contributed by atoms with Crippen molar-refractivity contribution in [3.8, 4) is 11.5 Å². The molecule has 1 rings (SSSR count). The van der Waals surface area contributed by atoms with Gasteiger partial charge in [0.1, 0.15) is 12.4 Å². The van der Waals surface area contributed by atoms with Crippen LogP contribution in [0.1, 0.15) is 19.8 Å². The molecule has 1 aromatic rings. The third kappa shape index (κ3) is 5.91. The largest absolute Gasteiger partial charge is 0.707 e. The summed E-state index contributed by atoms with van der Waals surface area (Å²) in [5.74, 6) is 0.755. The number of unbranched alkanes of at least 4 members (excludes halogenated alkanes) is 1. The summed E-state index contributed by atoms with van der Waals surface area (Å²) < 4.78 is 15.6. The first-order chi connectivity index (χ1) is 8.74. The van der Waals surface area contributed by atoms with Crippen molar-refractivity contribution in [3.05, 3.63) is 24.3 Å². The summed E-state index contributed by atoms with van der Waals surface area (Å²) in [4.78, 5) is 0. The van der Waals surface area contributed by atoms with E-state index in [1.54, 1.807) is 24.3 Å². The Morgan fingerprint density at radius 1 is 1.06 bits per heavy atom. The van der Waals surface area contributed by atoms with Crippen molar-refractivity contribution in [3.63, 3.8) is 0 Å². The van der Waals surface area contributed by atoms with Gasteiger partial charge < -0.3 is 24.2 Å². The molecule has 0 saturated heterocycles. The van der Waals surface area contributed by atoms with Crippen molar-refractivity contribution in [1.29, 1.82) is 0 Å². The predicted molar refractivity (Wildman–Crippen MR) is 68.5 cm³/mol. The summed E-state index contributed by atoms with van der Waals surface area (Å²) in [7, 11) is -1.85. The lowest BCUT2D eigenvalue weighted by Crippen LogP contribution is -2.21. The lowest BCUT2D eigenvalue weighted by Gasteiger charge is -2.12. The van der Waals surface area contributed by atoms with Crippen molar-refractivity contribution >= 4 is 7.32 Å². The van der Waals surface area contributed by atoms with Crippen LogP contribution in [-0.2, 0) is 4.74 Å².